The summed E-state index contributed by atoms with van der Waals surface area (Å²) in [7, 11) is 0. The van der Waals surface area contributed by atoms with E-state index in [0.717, 1.165) is 31.0 Å². The maximum atomic E-state index is 12.4. The molecule has 1 fully saturated rings. The summed E-state index contributed by atoms with van der Waals surface area (Å²) in [6, 6.07) is 1.81. The van der Waals surface area contributed by atoms with E-state index in [0.29, 0.717) is 36.6 Å². The van der Waals surface area contributed by atoms with Gasteiger partial charge in [-0.1, -0.05) is 12.1 Å². The van der Waals surface area contributed by atoms with Crippen LogP contribution < -0.4 is 5.32 Å². The van der Waals surface area contributed by atoms with Crippen LogP contribution in [0.25, 0.3) is 0 Å². The summed E-state index contributed by atoms with van der Waals surface area (Å²) < 4.78 is 10.6. The zero-order chi connectivity index (χ0) is 16.9. The van der Waals surface area contributed by atoms with Crippen LogP contribution in [0.5, 0.6) is 0 Å². The van der Waals surface area contributed by atoms with Crippen LogP contribution in [0, 0.1) is 6.92 Å². The first kappa shape index (κ1) is 16.6. The fraction of sp³-hybridized carbons (Fsp3) is 0.529. The third-order valence-corrected chi connectivity index (χ3v) is 4.18. The molecule has 0 spiro atoms. The van der Waals surface area contributed by atoms with Crippen molar-refractivity contribution in [3.8, 4) is 0 Å². The highest BCUT2D eigenvalue weighted by Gasteiger charge is 2.20. The molecule has 1 amide bonds. The van der Waals surface area contributed by atoms with Gasteiger partial charge in [0.2, 0.25) is 0 Å². The second-order valence-electron chi connectivity index (χ2n) is 5.92. The lowest BCUT2D eigenvalue weighted by molar-refractivity contribution is 0.0779. The minimum atomic E-state index is -0.188. The predicted molar refractivity (Wildman–Crippen MR) is 86.6 cm³/mol. The largest absolute Gasteiger partial charge is 0.381 e. The number of nitrogens with zero attached hydrogens (tertiary/aromatic N) is 3. The number of carbonyl (C=O) groups excluding carboxylic acids is 1. The number of amides is 1. The molecule has 2 aromatic heterocycles. The Bertz CT molecular complexity index is 708. The fourth-order valence-electron chi connectivity index (χ4n) is 2.86. The minimum absolute atomic E-state index is 0.188. The van der Waals surface area contributed by atoms with Crippen molar-refractivity contribution in [2.24, 2.45) is 0 Å². The lowest BCUT2D eigenvalue weighted by Crippen LogP contribution is -2.25. The van der Waals surface area contributed by atoms with Crippen LogP contribution in [0.3, 0.4) is 0 Å². The molecule has 128 valence electrons. The van der Waals surface area contributed by atoms with Crippen molar-refractivity contribution >= 4 is 5.91 Å². The van der Waals surface area contributed by atoms with Gasteiger partial charge in [-0.25, -0.2) is 9.97 Å². The summed E-state index contributed by atoms with van der Waals surface area (Å²) in [4.78, 5) is 21.3. The maximum Gasteiger partial charge on any atom is 0.257 e. The number of aryl methyl sites for hydroxylation is 2. The molecule has 0 aliphatic carbocycles. The van der Waals surface area contributed by atoms with Gasteiger partial charge in [-0.3, -0.25) is 4.79 Å². The van der Waals surface area contributed by atoms with E-state index in [1.54, 1.807) is 13.1 Å². The van der Waals surface area contributed by atoms with Gasteiger partial charge >= 0.3 is 0 Å². The van der Waals surface area contributed by atoms with E-state index in [1.165, 1.54) is 0 Å². The van der Waals surface area contributed by atoms with Crippen molar-refractivity contribution < 1.29 is 14.1 Å². The lowest BCUT2D eigenvalue weighted by atomic mass is 10.0. The molecule has 0 saturated carbocycles. The first-order valence-electron chi connectivity index (χ1n) is 8.32. The van der Waals surface area contributed by atoms with E-state index in [9.17, 15) is 4.79 Å². The second kappa shape index (κ2) is 7.53. The van der Waals surface area contributed by atoms with Crippen LogP contribution in [0.15, 0.2) is 16.8 Å². The van der Waals surface area contributed by atoms with Crippen LogP contribution in [0.1, 0.15) is 59.0 Å². The lowest BCUT2D eigenvalue weighted by Gasteiger charge is -2.20. The maximum absolute atomic E-state index is 12.4. The van der Waals surface area contributed by atoms with E-state index in [2.05, 4.69) is 20.4 Å². The molecule has 0 aromatic carbocycles. The van der Waals surface area contributed by atoms with Crippen molar-refractivity contribution in [1.82, 2.24) is 20.4 Å². The number of nitrogens with one attached hydrogen (secondary N) is 1. The first-order chi connectivity index (χ1) is 11.7. The number of rotatable bonds is 5. The molecule has 24 heavy (non-hydrogen) atoms. The van der Waals surface area contributed by atoms with Crippen molar-refractivity contribution in [3.63, 3.8) is 0 Å². The minimum Gasteiger partial charge on any atom is -0.381 e. The Morgan fingerprint density at radius 3 is 3.08 bits per heavy atom. The summed E-state index contributed by atoms with van der Waals surface area (Å²) in [5.41, 5.74) is 1.98. The Morgan fingerprint density at radius 1 is 1.46 bits per heavy atom. The SMILES string of the molecule is CCc1noc(C)c1C(=O)NCc1ccnc(C2CCCOC2)n1. The molecule has 7 nitrogen and oxygen atoms in total. The van der Waals surface area contributed by atoms with Crippen molar-refractivity contribution in [1.29, 1.82) is 0 Å². The van der Waals surface area contributed by atoms with Gasteiger partial charge in [0.1, 0.15) is 17.1 Å². The second-order valence-corrected chi connectivity index (χ2v) is 5.92. The van der Waals surface area contributed by atoms with Gasteiger partial charge in [0.15, 0.2) is 0 Å². The highest BCUT2D eigenvalue weighted by atomic mass is 16.5. The summed E-state index contributed by atoms with van der Waals surface area (Å²) in [5.74, 6) is 1.37. The summed E-state index contributed by atoms with van der Waals surface area (Å²) in [6.45, 7) is 5.50. The Labute approximate surface area is 140 Å². The van der Waals surface area contributed by atoms with Gasteiger partial charge in [0.05, 0.1) is 24.5 Å². The normalized spacial score (nSPS) is 17.7. The molecule has 3 rings (SSSR count). The van der Waals surface area contributed by atoms with E-state index < -0.39 is 0 Å². The van der Waals surface area contributed by atoms with E-state index in [1.807, 2.05) is 13.0 Å². The molecular weight excluding hydrogens is 308 g/mol. The molecule has 7 heteroatoms. The third-order valence-electron chi connectivity index (χ3n) is 4.18. The molecule has 3 heterocycles. The summed E-state index contributed by atoms with van der Waals surface area (Å²) >= 11 is 0. The third kappa shape index (κ3) is 3.62. The van der Waals surface area contributed by atoms with Crippen molar-refractivity contribution in [2.75, 3.05) is 13.2 Å². The van der Waals surface area contributed by atoms with Gasteiger partial charge in [-0.15, -0.1) is 0 Å². The van der Waals surface area contributed by atoms with E-state index >= 15 is 0 Å². The standard InChI is InChI=1S/C17H22N4O3/c1-3-14-15(11(2)24-21-14)17(22)19-9-13-6-7-18-16(20-13)12-5-4-8-23-10-12/h6-7,12H,3-5,8-10H2,1-2H3,(H,19,22). The number of hydrogen-bond acceptors (Lipinski definition) is 6. The Hall–Kier alpha value is -2.28. The average molecular weight is 330 g/mol. The molecule has 1 unspecified atom stereocenters. The molecule has 0 radical (unpaired) electrons. The molecule has 1 saturated heterocycles. The summed E-state index contributed by atoms with van der Waals surface area (Å²) in [6.07, 6.45) is 4.46. The zero-order valence-electron chi connectivity index (χ0n) is 14.0. The van der Waals surface area contributed by atoms with Gasteiger partial charge < -0.3 is 14.6 Å². The quantitative estimate of drug-likeness (QED) is 0.903. The van der Waals surface area contributed by atoms with Crippen LogP contribution in [0.4, 0.5) is 0 Å². The van der Waals surface area contributed by atoms with E-state index in [4.69, 9.17) is 9.26 Å². The van der Waals surface area contributed by atoms with Crippen LogP contribution in [-0.2, 0) is 17.7 Å². The van der Waals surface area contributed by atoms with Gasteiger partial charge in [-0.05, 0) is 32.3 Å². The molecule has 1 atom stereocenters. The van der Waals surface area contributed by atoms with Crippen LogP contribution in [0.2, 0.25) is 0 Å². The molecule has 2 aromatic rings. The fourth-order valence-corrected chi connectivity index (χ4v) is 2.86. The topological polar surface area (TPSA) is 90.1 Å². The highest BCUT2D eigenvalue weighted by molar-refractivity contribution is 5.96. The van der Waals surface area contributed by atoms with Crippen LogP contribution in [-0.4, -0.2) is 34.2 Å². The predicted octanol–water partition coefficient (Wildman–Crippen LogP) is 2.16. The highest BCUT2D eigenvalue weighted by Crippen LogP contribution is 2.22. The van der Waals surface area contributed by atoms with Crippen molar-refractivity contribution in [2.45, 2.75) is 45.6 Å². The van der Waals surface area contributed by atoms with E-state index in [-0.39, 0.29) is 11.8 Å². The molecule has 1 aliphatic heterocycles. The average Bonchev–Trinajstić information content (AvgIpc) is 3.01. The van der Waals surface area contributed by atoms with Gasteiger partial charge in [-0.2, -0.15) is 0 Å². The molecule has 1 N–H and O–H groups in total. The monoisotopic (exact) mass is 330 g/mol. The number of aromatic nitrogens is 3. The number of hydrogen-bond donors (Lipinski definition) is 1. The summed E-state index contributed by atoms with van der Waals surface area (Å²) in [5, 5.41) is 6.80. The molecular formula is C17H22N4O3. The first-order valence-corrected chi connectivity index (χ1v) is 8.32. The zero-order valence-corrected chi connectivity index (χ0v) is 14.0. The Balaban J connectivity index is 1.66. The Morgan fingerprint density at radius 2 is 2.33 bits per heavy atom. The number of carbonyl (C=O) groups is 1. The number of ether oxygens (including phenoxy) is 1. The van der Waals surface area contributed by atoms with Crippen LogP contribution >= 0.6 is 0 Å². The Kier molecular flexibility index (Phi) is 5.20. The van der Waals surface area contributed by atoms with Crippen molar-refractivity contribution in [3.05, 3.63) is 40.8 Å². The van der Waals surface area contributed by atoms with Gasteiger partial charge in [0, 0.05) is 18.7 Å². The van der Waals surface area contributed by atoms with Gasteiger partial charge in [0.25, 0.3) is 5.91 Å². The molecule has 1 aliphatic rings. The smallest absolute Gasteiger partial charge is 0.257 e. The molecule has 0 bridgehead atoms.